The molecule has 0 fully saturated rings. The average molecular weight is 257 g/mol. The maximum absolute atomic E-state index is 11.8. The molecule has 0 bridgehead atoms. The summed E-state index contributed by atoms with van der Waals surface area (Å²) < 4.78 is 6.47. The van der Waals surface area contributed by atoms with E-state index >= 15 is 0 Å². The minimum Gasteiger partial charge on any atom is -0.462 e. The van der Waals surface area contributed by atoms with E-state index in [0.29, 0.717) is 23.2 Å². The number of aromatic amines is 1. The summed E-state index contributed by atoms with van der Waals surface area (Å²) >= 11 is 0. The van der Waals surface area contributed by atoms with Gasteiger partial charge in [0, 0.05) is 0 Å². The highest BCUT2D eigenvalue weighted by atomic mass is 16.5. The van der Waals surface area contributed by atoms with Gasteiger partial charge in [-0.05, 0) is 31.2 Å². The van der Waals surface area contributed by atoms with E-state index in [1.807, 2.05) is 0 Å². The van der Waals surface area contributed by atoms with Crippen LogP contribution in [0.25, 0.3) is 16.6 Å². The molecule has 0 aliphatic rings. The highest BCUT2D eigenvalue weighted by molar-refractivity contribution is 5.93. The first-order valence-electron chi connectivity index (χ1n) is 5.87. The average Bonchev–Trinajstić information content (AvgIpc) is 2.88. The minimum absolute atomic E-state index is 0.244. The summed E-state index contributed by atoms with van der Waals surface area (Å²) in [6, 6.07) is 6.62. The highest BCUT2D eigenvalue weighted by Gasteiger charge is 2.10. The van der Waals surface area contributed by atoms with Gasteiger partial charge in [-0.2, -0.15) is 5.10 Å². The van der Waals surface area contributed by atoms with Crippen molar-refractivity contribution in [2.24, 2.45) is 0 Å². The van der Waals surface area contributed by atoms with Crippen LogP contribution in [0.2, 0.25) is 0 Å². The van der Waals surface area contributed by atoms with Crippen molar-refractivity contribution in [3.05, 3.63) is 46.4 Å². The van der Waals surface area contributed by atoms with Crippen LogP contribution in [-0.4, -0.2) is 27.2 Å². The molecule has 0 saturated heterocycles. The fourth-order valence-electron chi connectivity index (χ4n) is 2.02. The fourth-order valence-corrected chi connectivity index (χ4v) is 2.02. The summed E-state index contributed by atoms with van der Waals surface area (Å²) in [4.78, 5) is 26.2. The van der Waals surface area contributed by atoms with Gasteiger partial charge in [0.1, 0.15) is 5.52 Å². The number of carbonyl (C=O) groups is 1. The number of carbonyl (C=O) groups excluding carboxylic acids is 1. The lowest BCUT2D eigenvalue weighted by atomic mass is 10.2. The highest BCUT2D eigenvalue weighted by Crippen LogP contribution is 2.14. The van der Waals surface area contributed by atoms with E-state index in [4.69, 9.17) is 4.74 Å². The van der Waals surface area contributed by atoms with Gasteiger partial charge in [0.15, 0.2) is 0 Å². The zero-order chi connectivity index (χ0) is 13.4. The van der Waals surface area contributed by atoms with Crippen molar-refractivity contribution in [3.8, 4) is 0 Å². The third kappa shape index (κ3) is 1.77. The Labute approximate surface area is 107 Å². The molecule has 0 unspecified atom stereocenters. The maximum atomic E-state index is 11.8. The second kappa shape index (κ2) is 4.24. The first-order valence-corrected chi connectivity index (χ1v) is 5.87. The van der Waals surface area contributed by atoms with Crippen LogP contribution in [0, 0.1) is 0 Å². The third-order valence-corrected chi connectivity index (χ3v) is 2.86. The lowest BCUT2D eigenvalue weighted by Crippen LogP contribution is -2.11. The largest absolute Gasteiger partial charge is 0.462 e. The molecule has 0 aliphatic carbocycles. The Balaban J connectivity index is 2.26. The molecule has 19 heavy (non-hydrogen) atoms. The third-order valence-electron chi connectivity index (χ3n) is 2.86. The van der Waals surface area contributed by atoms with Gasteiger partial charge in [0.05, 0.1) is 29.4 Å². The molecule has 96 valence electrons. The number of fused-ring (bicyclic) bond motifs is 3. The van der Waals surface area contributed by atoms with Crippen molar-refractivity contribution in [2.45, 2.75) is 6.92 Å². The van der Waals surface area contributed by atoms with E-state index < -0.39 is 5.97 Å². The van der Waals surface area contributed by atoms with Gasteiger partial charge in [-0.25, -0.2) is 9.31 Å². The molecular weight excluding hydrogens is 246 g/mol. The van der Waals surface area contributed by atoms with Gasteiger partial charge < -0.3 is 9.72 Å². The second-order valence-corrected chi connectivity index (χ2v) is 4.03. The molecule has 1 aromatic carbocycles. The molecule has 0 spiro atoms. The molecule has 3 rings (SSSR count). The Morgan fingerprint density at radius 3 is 3.00 bits per heavy atom. The van der Waals surface area contributed by atoms with Gasteiger partial charge in [-0.15, -0.1) is 0 Å². The Kier molecular flexibility index (Phi) is 2.56. The number of benzene rings is 1. The molecule has 0 aliphatic heterocycles. The maximum Gasteiger partial charge on any atom is 0.338 e. The topological polar surface area (TPSA) is 76.5 Å². The summed E-state index contributed by atoms with van der Waals surface area (Å²) in [5, 5.41) is 4.10. The molecule has 1 N–H and O–H groups in total. The van der Waals surface area contributed by atoms with E-state index in [0.717, 1.165) is 5.52 Å². The van der Waals surface area contributed by atoms with Crippen molar-refractivity contribution in [3.63, 3.8) is 0 Å². The van der Waals surface area contributed by atoms with Crippen molar-refractivity contribution >= 4 is 22.5 Å². The van der Waals surface area contributed by atoms with E-state index in [9.17, 15) is 9.59 Å². The van der Waals surface area contributed by atoms with E-state index in [-0.39, 0.29) is 5.56 Å². The number of hydrogen-bond acceptors (Lipinski definition) is 4. The normalized spacial score (nSPS) is 11.0. The van der Waals surface area contributed by atoms with Crippen LogP contribution in [0.1, 0.15) is 17.3 Å². The SMILES string of the molecule is CCOC(=O)c1ccc2c(c1)[nH]c(=O)c1ccnn12. The predicted octanol–water partition coefficient (Wildman–Crippen LogP) is 1.35. The Morgan fingerprint density at radius 2 is 2.21 bits per heavy atom. The summed E-state index contributed by atoms with van der Waals surface area (Å²) in [7, 11) is 0. The van der Waals surface area contributed by atoms with E-state index in [2.05, 4.69) is 10.1 Å². The number of hydrogen-bond donors (Lipinski definition) is 1. The first kappa shape index (κ1) is 11.5. The standard InChI is InChI=1S/C13H11N3O3/c1-2-19-13(18)8-3-4-10-9(7-8)15-12(17)11-5-6-14-16(10)11/h3-7H,2H2,1H3,(H,15,17). The molecule has 2 heterocycles. The first-order chi connectivity index (χ1) is 9.20. The van der Waals surface area contributed by atoms with Crippen LogP contribution in [0.3, 0.4) is 0 Å². The molecular formula is C13H11N3O3. The van der Waals surface area contributed by atoms with Crippen molar-refractivity contribution in [1.82, 2.24) is 14.6 Å². The Bertz CT molecular complexity index is 832. The smallest absolute Gasteiger partial charge is 0.338 e. The number of H-pyrrole nitrogens is 1. The number of nitrogens with one attached hydrogen (secondary N) is 1. The fraction of sp³-hybridized carbons (Fsp3) is 0.154. The van der Waals surface area contributed by atoms with Crippen LogP contribution in [0.4, 0.5) is 0 Å². The molecule has 0 amide bonds. The van der Waals surface area contributed by atoms with Crippen LogP contribution >= 0.6 is 0 Å². The van der Waals surface area contributed by atoms with Gasteiger partial charge in [0.25, 0.3) is 5.56 Å². The number of nitrogens with zero attached hydrogens (tertiary/aromatic N) is 2. The van der Waals surface area contributed by atoms with Crippen molar-refractivity contribution < 1.29 is 9.53 Å². The number of rotatable bonds is 2. The summed E-state index contributed by atoms with van der Waals surface area (Å²) in [5.41, 5.74) is 1.90. The van der Waals surface area contributed by atoms with E-state index in [1.165, 1.54) is 0 Å². The lowest BCUT2D eigenvalue weighted by molar-refractivity contribution is 0.0526. The lowest BCUT2D eigenvalue weighted by Gasteiger charge is -2.05. The molecule has 0 atom stereocenters. The minimum atomic E-state index is -0.411. The molecule has 3 aromatic rings. The zero-order valence-electron chi connectivity index (χ0n) is 10.2. The molecule has 6 nitrogen and oxygen atoms in total. The van der Waals surface area contributed by atoms with Gasteiger partial charge in [0.2, 0.25) is 0 Å². The molecule has 0 saturated carbocycles. The Morgan fingerprint density at radius 1 is 1.37 bits per heavy atom. The number of ether oxygens (including phenoxy) is 1. The van der Waals surface area contributed by atoms with Crippen molar-refractivity contribution in [1.29, 1.82) is 0 Å². The van der Waals surface area contributed by atoms with Crippen molar-refractivity contribution in [2.75, 3.05) is 6.61 Å². The molecule has 2 aromatic heterocycles. The van der Waals surface area contributed by atoms with E-state index in [1.54, 1.807) is 41.9 Å². The molecule has 6 heteroatoms. The van der Waals surface area contributed by atoms with Crippen LogP contribution < -0.4 is 5.56 Å². The van der Waals surface area contributed by atoms with Crippen LogP contribution in [-0.2, 0) is 4.74 Å². The summed E-state index contributed by atoms with van der Waals surface area (Å²) in [5.74, 6) is -0.411. The number of aromatic nitrogens is 3. The zero-order valence-corrected chi connectivity index (χ0v) is 10.2. The Hall–Kier alpha value is -2.63. The summed E-state index contributed by atoms with van der Waals surface area (Å²) in [6.45, 7) is 2.06. The quantitative estimate of drug-likeness (QED) is 0.703. The van der Waals surface area contributed by atoms with Gasteiger partial charge >= 0.3 is 5.97 Å². The van der Waals surface area contributed by atoms with Crippen LogP contribution in [0.5, 0.6) is 0 Å². The predicted molar refractivity (Wildman–Crippen MR) is 69.3 cm³/mol. The van der Waals surface area contributed by atoms with Gasteiger partial charge in [-0.1, -0.05) is 0 Å². The van der Waals surface area contributed by atoms with Crippen LogP contribution in [0.15, 0.2) is 35.3 Å². The second-order valence-electron chi connectivity index (χ2n) is 4.03. The monoisotopic (exact) mass is 257 g/mol. The molecule has 0 radical (unpaired) electrons. The number of esters is 1. The van der Waals surface area contributed by atoms with Gasteiger partial charge in [-0.3, -0.25) is 4.79 Å². The summed E-state index contributed by atoms with van der Waals surface area (Å²) in [6.07, 6.45) is 1.56.